The molecule has 0 saturated carbocycles. The van der Waals surface area contributed by atoms with Gasteiger partial charge in [0.2, 0.25) is 0 Å². The van der Waals surface area contributed by atoms with Crippen LogP contribution in [-0.4, -0.2) is 29.6 Å². The van der Waals surface area contributed by atoms with Crippen LogP contribution in [0.2, 0.25) is 0 Å². The zero-order chi connectivity index (χ0) is 18.5. The van der Waals surface area contributed by atoms with Crippen LogP contribution >= 0.6 is 0 Å². The Bertz CT molecular complexity index is 846. The summed E-state index contributed by atoms with van der Waals surface area (Å²) >= 11 is 0. The summed E-state index contributed by atoms with van der Waals surface area (Å²) in [6.07, 6.45) is 3.56. The number of aryl methyl sites for hydroxylation is 1. The number of hydrogen-bond acceptors (Lipinski definition) is 4. The third-order valence-electron chi connectivity index (χ3n) is 4.22. The first-order chi connectivity index (χ1) is 12.6. The molecule has 0 atom stereocenters. The van der Waals surface area contributed by atoms with E-state index in [9.17, 15) is 4.79 Å². The van der Waals surface area contributed by atoms with Gasteiger partial charge in [-0.3, -0.25) is 4.79 Å². The lowest BCUT2D eigenvalue weighted by Crippen LogP contribution is -2.30. The molecular formula is C20H22N2O4. The summed E-state index contributed by atoms with van der Waals surface area (Å²) in [5.41, 5.74) is 1.53. The standard InChI is InChI=1S/C20H22N2O4/c1-21-8-4-6-16(21)13-22(14-17-7-5-9-26-17)20(23)15-10-18(24-2)12-19(11-15)25-3/h4-12H,13-14H2,1-3H3. The maximum Gasteiger partial charge on any atom is 0.254 e. The van der Waals surface area contributed by atoms with Crippen molar-refractivity contribution in [2.75, 3.05) is 14.2 Å². The normalized spacial score (nSPS) is 10.6. The second-order valence-electron chi connectivity index (χ2n) is 5.95. The topological polar surface area (TPSA) is 56.8 Å². The predicted molar refractivity (Wildman–Crippen MR) is 97.2 cm³/mol. The van der Waals surface area contributed by atoms with E-state index in [1.807, 2.05) is 42.1 Å². The summed E-state index contributed by atoms with van der Waals surface area (Å²) in [7, 11) is 5.08. The Morgan fingerprint density at radius 3 is 2.35 bits per heavy atom. The Kier molecular flexibility index (Phi) is 5.31. The lowest BCUT2D eigenvalue weighted by molar-refractivity contribution is 0.0713. The van der Waals surface area contributed by atoms with Crippen molar-refractivity contribution in [3.8, 4) is 11.5 Å². The van der Waals surface area contributed by atoms with E-state index in [2.05, 4.69) is 0 Å². The van der Waals surface area contributed by atoms with Gasteiger partial charge in [-0.05, 0) is 36.4 Å². The van der Waals surface area contributed by atoms with Crippen LogP contribution in [0.15, 0.2) is 59.3 Å². The van der Waals surface area contributed by atoms with Crippen molar-refractivity contribution in [3.05, 3.63) is 71.9 Å². The fraction of sp³-hybridized carbons (Fsp3) is 0.250. The number of rotatable bonds is 7. The zero-order valence-corrected chi connectivity index (χ0v) is 15.1. The van der Waals surface area contributed by atoms with Gasteiger partial charge in [-0.25, -0.2) is 0 Å². The van der Waals surface area contributed by atoms with Crippen molar-refractivity contribution >= 4 is 5.91 Å². The molecule has 6 nitrogen and oxygen atoms in total. The van der Waals surface area contributed by atoms with E-state index in [-0.39, 0.29) is 5.91 Å². The number of methoxy groups -OCH3 is 2. The molecule has 0 aliphatic carbocycles. The van der Waals surface area contributed by atoms with Gasteiger partial charge in [0.15, 0.2) is 0 Å². The number of carbonyl (C=O) groups is 1. The number of amides is 1. The van der Waals surface area contributed by atoms with Crippen LogP contribution in [0.5, 0.6) is 11.5 Å². The average Bonchev–Trinajstić information content (AvgIpc) is 3.32. The number of benzene rings is 1. The van der Waals surface area contributed by atoms with Gasteiger partial charge in [-0.1, -0.05) is 0 Å². The maximum absolute atomic E-state index is 13.2. The van der Waals surface area contributed by atoms with E-state index in [0.29, 0.717) is 30.2 Å². The third-order valence-corrected chi connectivity index (χ3v) is 4.22. The fourth-order valence-corrected chi connectivity index (χ4v) is 2.76. The maximum atomic E-state index is 13.2. The van der Waals surface area contributed by atoms with Gasteiger partial charge in [-0.15, -0.1) is 0 Å². The highest BCUT2D eigenvalue weighted by Gasteiger charge is 2.20. The minimum Gasteiger partial charge on any atom is -0.497 e. The van der Waals surface area contributed by atoms with E-state index < -0.39 is 0 Å². The third kappa shape index (κ3) is 3.91. The van der Waals surface area contributed by atoms with Gasteiger partial charge in [-0.2, -0.15) is 0 Å². The molecule has 0 radical (unpaired) electrons. The van der Waals surface area contributed by atoms with Crippen molar-refractivity contribution in [2.45, 2.75) is 13.1 Å². The highest BCUT2D eigenvalue weighted by molar-refractivity contribution is 5.95. The summed E-state index contributed by atoms with van der Waals surface area (Å²) in [5.74, 6) is 1.75. The number of ether oxygens (including phenoxy) is 2. The quantitative estimate of drug-likeness (QED) is 0.652. The molecule has 136 valence electrons. The van der Waals surface area contributed by atoms with Gasteiger partial charge in [0.05, 0.1) is 33.6 Å². The molecule has 0 bridgehead atoms. The number of nitrogens with zero attached hydrogens (tertiary/aromatic N) is 2. The lowest BCUT2D eigenvalue weighted by atomic mass is 10.1. The molecule has 0 N–H and O–H groups in total. The molecule has 3 rings (SSSR count). The number of hydrogen-bond donors (Lipinski definition) is 0. The van der Waals surface area contributed by atoms with Crippen LogP contribution in [0.4, 0.5) is 0 Å². The molecule has 0 saturated heterocycles. The molecule has 6 heteroatoms. The van der Waals surface area contributed by atoms with Crippen LogP contribution < -0.4 is 9.47 Å². The van der Waals surface area contributed by atoms with Crippen LogP contribution in [0.1, 0.15) is 21.8 Å². The molecule has 0 aliphatic rings. The van der Waals surface area contributed by atoms with Gasteiger partial charge in [0.1, 0.15) is 17.3 Å². The predicted octanol–water partition coefficient (Wildman–Crippen LogP) is 3.48. The average molecular weight is 354 g/mol. The highest BCUT2D eigenvalue weighted by atomic mass is 16.5. The Morgan fingerprint density at radius 1 is 1.08 bits per heavy atom. The Hall–Kier alpha value is -3.15. The van der Waals surface area contributed by atoms with E-state index in [1.165, 1.54) is 0 Å². The molecule has 0 spiro atoms. The highest BCUT2D eigenvalue weighted by Crippen LogP contribution is 2.24. The molecule has 2 aromatic heterocycles. The van der Waals surface area contributed by atoms with Gasteiger partial charge >= 0.3 is 0 Å². The summed E-state index contributed by atoms with van der Waals surface area (Å²) < 4.78 is 18.0. The smallest absolute Gasteiger partial charge is 0.254 e. The molecule has 1 amide bonds. The van der Waals surface area contributed by atoms with Crippen LogP contribution in [0, 0.1) is 0 Å². The number of furan rings is 1. The largest absolute Gasteiger partial charge is 0.497 e. The summed E-state index contributed by atoms with van der Waals surface area (Å²) in [6.45, 7) is 0.832. The monoisotopic (exact) mass is 354 g/mol. The molecule has 2 heterocycles. The molecule has 0 unspecified atom stereocenters. The minimum atomic E-state index is -0.125. The Labute approximate surface area is 152 Å². The molecule has 3 aromatic rings. The van der Waals surface area contributed by atoms with Crippen LogP contribution in [0.3, 0.4) is 0 Å². The fourth-order valence-electron chi connectivity index (χ4n) is 2.76. The zero-order valence-electron chi connectivity index (χ0n) is 15.1. The Morgan fingerprint density at radius 2 is 1.81 bits per heavy atom. The second kappa shape index (κ2) is 7.82. The van der Waals surface area contributed by atoms with Crippen molar-refractivity contribution in [1.29, 1.82) is 0 Å². The molecular weight excluding hydrogens is 332 g/mol. The second-order valence-corrected chi connectivity index (χ2v) is 5.95. The van der Waals surface area contributed by atoms with Gasteiger partial charge < -0.3 is 23.4 Å². The molecule has 0 aliphatic heterocycles. The summed E-state index contributed by atoms with van der Waals surface area (Å²) in [5, 5.41) is 0. The summed E-state index contributed by atoms with van der Waals surface area (Å²) in [4.78, 5) is 14.9. The van der Waals surface area contributed by atoms with Gasteiger partial charge in [0, 0.05) is 30.6 Å². The lowest BCUT2D eigenvalue weighted by Gasteiger charge is -2.23. The first-order valence-electron chi connectivity index (χ1n) is 8.25. The van der Waals surface area contributed by atoms with Crippen molar-refractivity contribution in [2.24, 2.45) is 7.05 Å². The molecule has 0 fully saturated rings. The van der Waals surface area contributed by atoms with E-state index >= 15 is 0 Å². The van der Waals surface area contributed by atoms with Crippen LogP contribution in [-0.2, 0) is 20.1 Å². The number of carbonyl (C=O) groups excluding carboxylic acids is 1. The van der Waals surface area contributed by atoms with Crippen molar-refractivity contribution in [3.63, 3.8) is 0 Å². The molecule has 26 heavy (non-hydrogen) atoms. The van der Waals surface area contributed by atoms with Crippen molar-refractivity contribution < 1.29 is 18.7 Å². The first kappa shape index (κ1) is 17.7. The SMILES string of the molecule is COc1cc(OC)cc(C(=O)N(Cc2ccco2)Cc2cccn2C)c1. The summed E-state index contributed by atoms with van der Waals surface area (Å²) in [6, 6.07) is 12.8. The number of aromatic nitrogens is 1. The van der Waals surface area contributed by atoms with E-state index in [0.717, 1.165) is 11.5 Å². The van der Waals surface area contributed by atoms with Crippen molar-refractivity contribution in [1.82, 2.24) is 9.47 Å². The first-order valence-corrected chi connectivity index (χ1v) is 8.25. The minimum absolute atomic E-state index is 0.125. The van der Waals surface area contributed by atoms with E-state index in [1.54, 1.807) is 43.6 Å². The molecule has 1 aromatic carbocycles. The van der Waals surface area contributed by atoms with E-state index in [4.69, 9.17) is 13.9 Å². The Balaban J connectivity index is 1.92. The van der Waals surface area contributed by atoms with Crippen LogP contribution in [0.25, 0.3) is 0 Å². The van der Waals surface area contributed by atoms with Gasteiger partial charge in [0.25, 0.3) is 5.91 Å².